The minimum Gasteiger partial charge on any atom is -0.206 e. The minimum atomic E-state index is -4.98. The van der Waals surface area contributed by atoms with E-state index in [1.54, 1.807) is 12.1 Å². The van der Waals surface area contributed by atoms with Gasteiger partial charge < -0.3 is 0 Å². The number of alkyl halides is 3. The van der Waals surface area contributed by atoms with E-state index in [9.17, 15) is 35.1 Å². The van der Waals surface area contributed by atoms with E-state index >= 15 is 0 Å². The van der Waals surface area contributed by atoms with Crippen LogP contribution in [0.1, 0.15) is 24.5 Å². The normalized spacial score (nSPS) is 11.6. The molecule has 0 aliphatic heterocycles. The molecule has 4 aromatic rings. The monoisotopic (exact) mass is 510 g/mol. The van der Waals surface area contributed by atoms with E-state index in [4.69, 9.17) is 0 Å². The first-order valence-corrected chi connectivity index (χ1v) is 11.1. The molecule has 0 bridgehead atoms. The molecule has 4 rings (SSSR count). The van der Waals surface area contributed by atoms with Crippen LogP contribution in [0, 0.1) is 40.9 Å². The van der Waals surface area contributed by atoms with Gasteiger partial charge in [-0.15, -0.1) is 11.3 Å². The number of hydrogen-bond acceptors (Lipinski definition) is 1. The van der Waals surface area contributed by atoms with Gasteiger partial charge in [0.1, 0.15) is 29.1 Å². The van der Waals surface area contributed by atoms with E-state index in [2.05, 4.69) is 0 Å². The lowest BCUT2D eigenvalue weighted by Crippen LogP contribution is -2.03. The van der Waals surface area contributed by atoms with Crippen LogP contribution < -0.4 is 0 Å². The fourth-order valence-electron chi connectivity index (χ4n) is 3.69. The predicted octanol–water partition coefficient (Wildman–Crippen LogP) is 8.80. The number of fused-ring (bicyclic) bond motifs is 1. The fraction of sp³-hybridized carbons (Fsp3) is 0.154. The summed E-state index contributed by atoms with van der Waals surface area (Å²) in [5.74, 6) is -4.05. The maximum absolute atomic E-state index is 15.0. The summed E-state index contributed by atoms with van der Waals surface area (Å²) in [4.78, 5) is -0.00636. The van der Waals surface area contributed by atoms with Gasteiger partial charge in [0.15, 0.2) is 0 Å². The zero-order chi connectivity index (χ0) is 25.5. The molecule has 0 fully saturated rings. The molecule has 0 saturated heterocycles. The number of hydrogen-bond donors (Lipinski definition) is 0. The van der Waals surface area contributed by atoms with Gasteiger partial charge in [0, 0.05) is 21.6 Å². The highest BCUT2D eigenvalue weighted by Crippen LogP contribution is 2.40. The molecule has 0 N–H and O–H groups in total. The minimum absolute atomic E-state index is 0.00636. The van der Waals surface area contributed by atoms with Crippen molar-refractivity contribution in [3.8, 4) is 33.4 Å². The first-order valence-electron chi connectivity index (χ1n) is 10.3. The quantitative estimate of drug-likeness (QED) is 0.190. The highest BCUT2D eigenvalue weighted by atomic mass is 32.1. The fourth-order valence-corrected chi connectivity index (χ4v) is 4.82. The number of aryl methyl sites for hydroxylation is 1. The van der Waals surface area contributed by atoms with Crippen LogP contribution in [0.3, 0.4) is 0 Å². The maximum Gasteiger partial charge on any atom is 0.458 e. The molecular weight excluding hydrogens is 496 g/mol. The summed E-state index contributed by atoms with van der Waals surface area (Å²) in [5, 5.41) is 0.300. The molecule has 1 heterocycles. The number of rotatable bonds is 4. The maximum atomic E-state index is 15.0. The van der Waals surface area contributed by atoms with Crippen LogP contribution in [-0.4, -0.2) is 6.18 Å². The first-order chi connectivity index (χ1) is 16.5. The zero-order valence-electron chi connectivity index (χ0n) is 17.9. The van der Waals surface area contributed by atoms with E-state index in [1.165, 1.54) is 5.92 Å². The van der Waals surface area contributed by atoms with Gasteiger partial charge in [-0.05, 0) is 47.9 Å². The second-order valence-corrected chi connectivity index (χ2v) is 8.76. The highest BCUT2D eigenvalue weighted by molar-refractivity contribution is 7.22. The average molecular weight is 510 g/mol. The topological polar surface area (TPSA) is 0 Å². The SMILES string of the molecule is CCCc1ccc2c(F)c(-c3cc(F)c(-c4cc(F)c(C#CC(F)(F)F)c(F)c4)c(F)c3)sc2c1. The van der Waals surface area contributed by atoms with Crippen LogP contribution in [0.2, 0.25) is 0 Å². The Balaban J connectivity index is 1.77. The molecule has 0 nitrogen and oxygen atoms in total. The van der Waals surface area contributed by atoms with E-state index in [-0.39, 0.29) is 10.4 Å². The molecule has 0 unspecified atom stereocenters. The van der Waals surface area contributed by atoms with Crippen LogP contribution in [0.25, 0.3) is 31.7 Å². The van der Waals surface area contributed by atoms with Gasteiger partial charge in [-0.1, -0.05) is 31.4 Å². The number of halogens is 8. The summed E-state index contributed by atoms with van der Waals surface area (Å²) in [7, 11) is 0. The molecule has 0 spiro atoms. The first kappa shape index (κ1) is 24.7. The van der Waals surface area contributed by atoms with Crippen molar-refractivity contribution in [1.29, 1.82) is 0 Å². The number of benzene rings is 3. The van der Waals surface area contributed by atoms with Crippen molar-refractivity contribution >= 4 is 21.4 Å². The Bertz CT molecular complexity index is 1460. The molecule has 0 aliphatic rings. The van der Waals surface area contributed by atoms with Crippen molar-refractivity contribution in [2.75, 3.05) is 0 Å². The van der Waals surface area contributed by atoms with Crippen LogP contribution >= 0.6 is 11.3 Å². The van der Waals surface area contributed by atoms with E-state index in [1.807, 2.05) is 13.0 Å². The van der Waals surface area contributed by atoms with Crippen molar-refractivity contribution in [2.24, 2.45) is 0 Å². The van der Waals surface area contributed by atoms with Crippen molar-refractivity contribution < 1.29 is 35.1 Å². The summed E-state index contributed by atoms with van der Waals surface area (Å²) >= 11 is 1.01. The standard InChI is InChI=1S/C26H14F8S/c1-2-3-13-4-5-17-22(8-13)35-25(24(17)31)15-11-20(29)23(21(30)12-15)14-9-18(27)16(19(28)10-14)6-7-26(32,33)34/h4-5,8-12H,2-3H2,1H3. The Morgan fingerprint density at radius 3 is 1.97 bits per heavy atom. The van der Waals surface area contributed by atoms with E-state index < -0.39 is 52.0 Å². The molecule has 0 radical (unpaired) electrons. The lowest BCUT2D eigenvalue weighted by Gasteiger charge is -2.09. The molecule has 9 heteroatoms. The third-order valence-electron chi connectivity index (χ3n) is 5.20. The Kier molecular flexibility index (Phi) is 6.60. The molecule has 1 aromatic heterocycles. The van der Waals surface area contributed by atoms with Crippen LogP contribution in [0.4, 0.5) is 35.1 Å². The van der Waals surface area contributed by atoms with Gasteiger partial charge in [0.05, 0.1) is 16.0 Å². The predicted molar refractivity (Wildman–Crippen MR) is 119 cm³/mol. The Morgan fingerprint density at radius 2 is 1.40 bits per heavy atom. The Morgan fingerprint density at radius 1 is 0.800 bits per heavy atom. The lowest BCUT2D eigenvalue weighted by atomic mass is 9.99. The third kappa shape index (κ3) is 5.03. The zero-order valence-corrected chi connectivity index (χ0v) is 18.7. The summed E-state index contributed by atoms with van der Waals surface area (Å²) in [5.41, 5.74) is -1.69. The molecule has 3 aromatic carbocycles. The molecule has 0 aliphatic carbocycles. The molecule has 0 amide bonds. The summed E-state index contributed by atoms with van der Waals surface area (Å²) in [6.45, 7) is 2.00. The third-order valence-corrected chi connectivity index (χ3v) is 6.37. The van der Waals surface area contributed by atoms with Gasteiger partial charge >= 0.3 is 6.18 Å². The van der Waals surface area contributed by atoms with Gasteiger partial charge in [-0.2, -0.15) is 13.2 Å². The smallest absolute Gasteiger partial charge is 0.206 e. The summed E-state index contributed by atoms with van der Waals surface area (Å²) in [6.07, 6.45) is -3.30. The van der Waals surface area contributed by atoms with Gasteiger partial charge in [0.2, 0.25) is 0 Å². The molecular formula is C26H14F8S. The van der Waals surface area contributed by atoms with Crippen molar-refractivity contribution in [3.63, 3.8) is 0 Å². The highest BCUT2D eigenvalue weighted by Gasteiger charge is 2.24. The van der Waals surface area contributed by atoms with Crippen LogP contribution in [0.15, 0.2) is 42.5 Å². The van der Waals surface area contributed by atoms with Crippen molar-refractivity contribution in [3.05, 3.63) is 82.7 Å². The van der Waals surface area contributed by atoms with Crippen LogP contribution in [-0.2, 0) is 6.42 Å². The molecule has 35 heavy (non-hydrogen) atoms. The van der Waals surface area contributed by atoms with Gasteiger partial charge in [-0.25, -0.2) is 22.0 Å². The molecule has 180 valence electrons. The second kappa shape index (κ2) is 9.34. The summed E-state index contributed by atoms with van der Waals surface area (Å²) in [6, 6.07) is 7.84. The van der Waals surface area contributed by atoms with Crippen molar-refractivity contribution in [2.45, 2.75) is 25.9 Å². The van der Waals surface area contributed by atoms with Gasteiger partial charge in [-0.3, -0.25) is 0 Å². The Labute approximate surface area is 198 Å². The molecule has 0 atom stereocenters. The summed E-state index contributed by atoms with van der Waals surface area (Å²) < 4.78 is 111. The molecule has 0 saturated carbocycles. The van der Waals surface area contributed by atoms with Crippen LogP contribution in [0.5, 0.6) is 0 Å². The van der Waals surface area contributed by atoms with E-state index in [0.717, 1.165) is 47.8 Å². The number of thiophene rings is 1. The second-order valence-electron chi connectivity index (χ2n) is 7.70. The largest absolute Gasteiger partial charge is 0.458 e. The van der Waals surface area contributed by atoms with Crippen molar-refractivity contribution in [1.82, 2.24) is 0 Å². The Hall–Kier alpha value is -3.38. The average Bonchev–Trinajstić information content (AvgIpc) is 3.08. The lowest BCUT2D eigenvalue weighted by molar-refractivity contribution is -0.0696. The van der Waals surface area contributed by atoms with Gasteiger partial charge in [0.25, 0.3) is 0 Å². The van der Waals surface area contributed by atoms with E-state index in [0.29, 0.717) is 22.2 Å².